The molecule has 1 aromatic heterocycles. The lowest BCUT2D eigenvalue weighted by molar-refractivity contribution is -0.120. The summed E-state index contributed by atoms with van der Waals surface area (Å²) >= 11 is 1.44. The second-order valence-corrected chi connectivity index (χ2v) is 7.37. The van der Waals surface area contributed by atoms with Gasteiger partial charge in [-0.15, -0.1) is 16.2 Å². The third-order valence-corrected chi connectivity index (χ3v) is 5.99. The maximum Gasteiger partial charge on any atom is 0.264 e. The fourth-order valence-corrected chi connectivity index (χ4v) is 4.61. The van der Waals surface area contributed by atoms with E-state index in [1.807, 2.05) is 13.0 Å². The first kappa shape index (κ1) is 14.3. The lowest BCUT2D eigenvalue weighted by Gasteiger charge is -2.47. The Labute approximate surface area is 136 Å². The van der Waals surface area contributed by atoms with Crippen LogP contribution in [0.4, 0.5) is 5.69 Å². The van der Waals surface area contributed by atoms with Crippen LogP contribution >= 0.6 is 11.3 Å². The molecule has 7 heteroatoms. The molecule has 3 heterocycles. The zero-order valence-corrected chi connectivity index (χ0v) is 13.4. The third kappa shape index (κ3) is 2.15. The molecule has 118 valence electrons. The number of carbonyl (C=O) groups excluding carboxylic acids is 2. The van der Waals surface area contributed by atoms with Gasteiger partial charge in [-0.1, -0.05) is 0 Å². The normalized spacial score (nSPS) is 19.0. The number of carbonyl (C=O) groups is 2. The molecule has 0 atom stereocenters. The highest BCUT2D eigenvalue weighted by Gasteiger charge is 2.49. The molecule has 0 bridgehead atoms. The zero-order valence-electron chi connectivity index (χ0n) is 12.6. The van der Waals surface area contributed by atoms with E-state index in [0.717, 1.165) is 22.1 Å². The quantitative estimate of drug-likeness (QED) is 0.860. The number of fused-ring (bicyclic) bond motifs is 1. The van der Waals surface area contributed by atoms with Crippen molar-refractivity contribution in [1.29, 1.82) is 0 Å². The summed E-state index contributed by atoms with van der Waals surface area (Å²) in [6, 6.07) is 5.21. The summed E-state index contributed by atoms with van der Waals surface area (Å²) < 4.78 is 0.975. The molecule has 4 rings (SSSR count). The number of likely N-dealkylation sites (tertiary alicyclic amines) is 1. The highest BCUT2D eigenvalue weighted by molar-refractivity contribution is 7.21. The Kier molecular flexibility index (Phi) is 3.02. The maximum absolute atomic E-state index is 12.7. The van der Waals surface area contributed by atoms with Gasteiger partial charge in [-0.25, -0.2) is 0 Å². The first-order valence-corrected chi connectivity index (χ1v) is 8.30. The first-order chi connectivity index (χ1) is 11.0. The van der Waals surface area contributed by atoms with Gasteiger partial charge in [-0.2, -0.15) is 0 Å². The first-order valence-electron chi connectivity index (χ1n) is 7.48. The van der Waals surface area contributed by atoms with Crippen molar-refractivity contribution in [3.63, 3.8) is 0 Å². The van der Waals surface area contributed by atoms with E-state index in [1.165, 1.54) is 11.3 Å². The second-order valence-electron chi connectivity index (χ2n) is 6.32. The van der Waals surface area contributed by atoms with E-state index < -0.39 is 0 Å². The number of nitrogens with one attached hydrogen (secondary N) is 1. The van der Waals surface area contributed by atoms with E-state index in [4.69, 9.17) is 0 Å². The van der Waals surface area contributed by atoms with Crippen LogP contribution in [0.5, 0.6) is 0 Å². The molecule has 1 N–H and O–H groups in total. The van der Waals surface area contributed by atoms with Crippen LogP contribution in [0.15, 0.2) is 23.4 Å². The Morgan fingerprint density at radius 1 is 1.39 bits per heavy atom. The standard InChI is InChI=1S/C16H15N3O3S/c1-9-11-6-10(18-22)2-3-12(11)23-14(9)15(21)19-7-16(8-19)5-4-13(20)17-16/h2-3,6H,4-5,7-8H2,1H3,(H,17,20). The molecule has 2 aliphatic rings. The second kappa shape index (κ2) is 4.86. The number of amides is 2. The molecule has 1 spiro atoms. The smallest absolute Gasteiger partial charge is 0.264 e. The van der Waals surface area contributed by atoms with Gasteiger partial charge < -0.3 is 10.2 Å². The monoisotopic (exact) mass is 329 g/mol. The Balaban J connectivity index is 1.60. The molecular weight excluding hydrogens is 314 g/mol. The minimum atomic E-state index is -0.202. The van der Waals surface area contributed by atoms with Gasteiger partial charge in [0.15, 0.2) is 0 Å². The average molecular weight is 329 g/mol. The van der Waals surface area contributed by atoms with Gasteiger partial charge in [0.25, 0.3) is 5.91 Å². The van der Waals surface area contributed by atoms with Crippen LogP contribution in [0.1, 0.15) is 28.1 Å². The minimum absolute atomic E-state index is 0.00362. The van der Waals surface area contributed by atoms with Gasteiger partial charge in [-0.3, -0.25) is 9.59 Å². The van der Waals surface area contributed by atoms with Crippen LogP contribution in [0.25, 0.3) is 10.1 Å². The molecule has 2 aromatic rings. The van der Waals surface area contributed by atoms with E-state index in [-0.39, 0.29) is 17.4 Å². The molecule has 0 saturated carbocycles. The summed E-state index contributed by atoms with van der Waals surface area (Å²) in [4.78, 5) is 37.3. The van der Waals surface area contributed by atoms with Crippen molar-refractivity contribution in [3.05, 3.63) is 33.5 Å². The number of nitrogens with zero attached hydrogens (tertiary/aromatic N) is 2. The lowest BCUT2D eigenvalue weighted by atomic mass is 9.88. The molecule has 1 aromatic carbocycles. The number of benzene rings is 1. The van der Waals surface area contributed by atoms with Crippen molar-refractivity contribution < 1.29 is 9.59 Å². The van der Waals surface area contributed by atoms with Gasteiger partial charge >= 0.3 is 0 Å². The topological polar surface area (TPSA) is 78.8 Å². The van der Waals surface area contributed by atoms with Crippen LogP contribution in [-0.2, 0) is 4.79 Å². The average Bonchev–Trinajstić information content (AvgIpc) is 3.06. The summed E-state index contributed by atoms with van der Waals surface area (Å²) in [6.45, 7) is 3.05. The van der Waals surface area contributed by atoms with Crippen molar-refractivity contribution in [2.24, 2.45) is 5.18 Å². The minimum Gasteiger partial charge on any atom is -0.347 e. The number of hydrogen-bond acceptors (Lipinski definition) is 5. The maximum atomic E-state index is 12.7. The Bertz CT molecular complexity index is 852. The Morgan fingerprint density at radius 2 is 2.17 bits per heavy atom. The van der Waals surface area contributed by atoms with Gasteiger partial charge in [0.1, 0.15) is 5.69 Å². The number of thiophene rings is 1. The fraction of sp³-hybridized carbons (Fsp3) is 0.375. The van der Waals surface area contributed by atoms with E-state index in [2.05, 4.69) is 10.5 Å². The Morgan fingerprint density at radius 3 is 2.83 bits per heavy atom. The van der Waals surface area contributed by atoms with Gasteiger partial charge in [-0.05, 0) is 47.7 Å². The number of rotatable bonds is 2. The number of hydrogen-bond donors (Lipinski definition) is 1. The van der Waals surface area contributed by atoms with Crippen LogP contribution < -0.4 is 5.32 Å². The molecular formula is C16H15N3O3S. The summed E-state index contributed by atoms with van der Waals surface area (Å²) in [7, 11) is 0. The fourth-order valence-electron chi connectivity index (χ4n) is 3.45. The van der Waals surface area contributed by atoms with Crippen molar-refractivity contribution >= 4 is 38.9 Å². The van der Waals surface area contributed by atoms with Crippen LogP contribution in [0.3, 0.4) is 0 Å². The lowest BCUT2D eigenvalue weighted by Crippen LogP contribution is -2.68. The van der Waals surface area contributed by atoms with Crippen LogP contribution in [-0.4, -0.2) is 35.3 Å². The van der Waals surface area contributed by atoms with E-state index in [9.17, 15) is 14.5 Å². The molecule has 23 heavy (non-hydrogen) atoms. The van der Waals surface area contributed by atoms with Crippen molar-refractivity contribution in [1.82, 2.24) is 10.2 Å². The molecule has 0 radical (unpaired) electrons. The summed E-state index contributed by atoms with van der Waals surface area (Å²) in [5.74, 6) is 0.0696. The number of aryl methyl sites for hydroxylation is 1. The molecule has 2 amide bonds. The van der Waals surface area contributed by atoms with E-state index >= 15 is 0 Å². The predicted molar refractivity (Wildman–Crippen MR) is 88.0 cm³/mol. The van der Waals surface area contributed by atoms with E-state index in [1.54, 1.807) is 17.0 Å². The molecule has 6 nitrogen and oxygen atoms in total. The summed E-state index contributed by atoms with van der Waals surface area (Å²) in [5, 5.41) is 6.84. The highest BCUT2D eigenvalue weighted by atomic mass is 32.1. The molecule has 0 aliphatic carbocycles. The number of nitroso groups, excluding NO2 is 1. The van der Waals surface area contributed by atoms with Crippen molar-refractivity contribution in [3.8, 4) is 0 Å². The van der Waals surface area contributed by atoms with Crippen LogP contribution in [0.2, 0.25) is 0 Å². The van der Waals surface area contributed by atoms with Gasteiger partial charge in [0.2, 0.25) is 5.91 Å². The summed E-state index contributed by atoms with van der Waals surface area (Å²) in [5.41, 5.74) is 1.05. The summed E-state index contributed by atoms with van der Waals surface area (Å²) in [6.07, 6.45) is 1.35. The van der Waals surface area contributed by atoms with Gasteiger partial charge in [0, 0.05) is 24.2 Å². The molecule has 2 saturated heterocycles. The molecule has 2 aliphatic heterocycles. The largest absolute Gasteiger partial charge is 0.347 e. The zero-order chi connectivity index (χ0) is 16.2. The van der Waals surface area contributed by atoms with Crippen molar-refractivity contribution in [2.75, 3.05) is 13.1 Å². The molecule has 2 fully saturated rings. The third-order valence-electron chi connectivity index (χ3n) is 4.73. The predicted octanol–water partition coefficient (Wildman–Crippen LogP) is 2.71. The highest BCUT2D eigenvalue weighted by Crippen LogP contribution is 2.37. The van der Waals surface area contributed by atoms with E-state index in [0.29, 0.717) is 30.1 Å². The molecule has 0 unspecified atom stereocenters. The SMILES string of the molecule is Cc1c(C(=O)N2CC3(CCC(=O)N3)C2)sc2ccc(N=O)cc12. The van der Waals surface area contributed by atoms with Gasteiger partial charge in [0.05, 0.1) is 10.4 Å². The van der Waals surface area contributed by atoms with Crippen LogP contribution in [0, 0.1) is 11.8 Å². The van der Waals surface area contributed by atoms with Crippen molar-refractivity contribution in [2.45, 2.75) is 25.3 Å². The Hall–Kier alpha value is -2.28.